The van der Waals surface area contributed by atoms with Crippen molar-refractivity contribution < 1.29 is 4.74 Å². The largest absolute Gasteiger partial charge is 0.474 e. The first-order valence-electron chi connectivity index (χ1n) is 7.90. The lowest BCUT2D eigenvalue weighted by atomic mass is 9.76. The minimum absolute atomic E-state index is 0.289. The summed E-state index contributed by atoms with van der Waals surface area (Å²) >= 11 is 6.20. The number of halogens is 1. The van der Waals surface area contributed by atoms with Gasteiger partial charge in [0.2, 0.25) is 5.88 Å². The highest BCUT2D eigenvalue weighted by Crippen LogP contribution is 2.36. The van der Waals surface area contributed by atoms with Gasteiger partial charge in [0.25, 0.3) is 0 Å². The minimum atomic E-state index is 0.289. The molecule has 1 aromatic heterocycles. The molecule has 0 saturated heterocycles. The molecule has 4 heteroatoms. The Morgan fingerprint density at radius 3 is 2.67 bits per heavy atom. The lowest BCUT2D eigenvalue weighted by Gasteiger charge is -2.34. The summed E-state index contributed by atoms with van der Waals surface area (Å²) in [7, 11) is 0. The smallest absolute Gasteiger partial charge is 0.213 e. The minimum Gasteiger partial charge on any atom is -0.474 e. The van der Waals surface area contributed by atoms with Crippen molar-refractivity contribution in [2.24, 2.45) is 5.41 Å². The third-order valence-corrected chi connectivity index (χ3v) is 4.52. The molecule has 1 aromatic rings. The van der Waals surface area contributed by atoms with Gasteiger partial charge in [-0.05, 0) is 36.7 Å². The first kappa shape index (κ1) is 16.6. The molecule has 3 nitrogen and oxygen atoms in total. The van der Waals surface area contributed by atoms with Crippen LogP contribution in [0.1, 0.15) is 58.9 Å². The van der Waals surface area contributed by atoms with Crippen LogP contribution in [0.4, 0.5) is 0 Å². The topological polar surface area (TPSA) is 34.1 Å². The number of hydrogen-bond donors (Lipinski definition) is 1. The number of nitrogens with one attached hydrogen (secondary N) is 1. The molecule has 2 rings (SSSR count). The lowest BCUT2D eigenvalue weighted by molar-refractivity contribution is 0.0948. The first-order chi connectivity index (χ1) is 9.85. The van der Waals surface area contributed by atoms with Gasteiger partial charge in [-0.25, -0.2) is 4.98 Å². The van der Waals surface area contributed by atoms with Crippen LogP contribution in [0.3, 0.4) is 0 Å². The van der Waals surface area contributed by atoms with E-state index in [1.807, 2.05) is 6.07 Å². The lowest BCUT2D eigenvalue weighted by Crippen LogP contribution is -2.28. The summed E-state index contributed by atoms with van der Waals surface area (Å²) in [5.41, 5.74) is 1.51. The molecule has 21 heavy (non-hydrogen) atoms. The van der Waals surface area contributed by atoms with E-state index >= 15 is 0 Å². The van der Waals surface area contributed by atoms with Crippen LogP contribution in [-0.4, -0.2) is 17.1 Å². The van der Waals surface area contributed by atoms with E-state index in [-0.39, 0.29) is 6.10 Å². The van der Waals surface area contributed by atoms with E-state index in [2.05, 4.69) is 38.0 Å². The van der Waals surface area contributed by atoms with Crippen molar-refractivity contribution in [2.45, 2.75) is 72.1 Å². The normalized spacial score (nSPS) is 19.0. The van der Waals surface area contributed by atoms with Gasteiger partial charge in [0, 0.05) is 24.8 Å². The fourth-order valence-electron chi connectivity index (χ4n) is 2.63. The Hall–Kier alpha value is -0.800. The molecule has 0 atom stereocenters. The molecule has 0 aromatic carbocycles. The zero-order valence-electron chi connectivity index (χ0n) is 13.6. The van der Waals surface area contributed by atoms with Gasteiger partial charge in [-0.1, -0.05) is 39.3 Å². The summed E-state index contributed by atoms with van der Waals surface area (Å²) in [6.07, 6.45) is 6.63. The number of nitrogens with zero attached hydrogens (tertiary/aromatic N) is 1. The molecule has 118 valence electrons. The van der Waals surface area contributed by atoms with Gasteiger partial charge in [0.05, 0.1) is 5.02 Å². The van der Waals surface area contributed by atoms with Gasteiger partial charge in [-0.3, -0.25) is 0 Å². The Morgan fingerprint density at radius 1 is 1.38 bits per heavy atom. The molecule has 0 unspecified atom stereocenters. The van der Waals surface area contributed by atoms with Gasteiger partial charge in [-0.15, -0.1) is 0 Å². The Labute approximate surface area is 133 Å². The summed E-state index contributed by atoms with van der Waals surface area (Å²) < 4.78 is 6.05. The van der Waals surface area contributed by atoms with Crippen molar-refractivity contribution in [2.75, 3.05) is 0 Å². The van der Waals surface area contributed by atoms with Crippen molar-refractivity contribution in [3.8, 4) is 5.88 Å². The second kappa shape index (κ2) is 6.97. The number of hydrogen-bond acceptors (Lipinski definition) is 3. The van der Waals surface area contributed by atoms with Gasteiger partial charge in [-0.2, -0.15) is 0 Å². The number of pyridine rings is 1. The molecule has 0 spiro atoms. The third kappa shape index (κ3) is 5.15. The van der Waals surface area contributed by atoms with E-state index in [9.17, 15) is 0 Å². The summed E-state index contributed by atoms with van der Waals surface area (Å²) in [5.74, 6) is 0.699. The average Bonchev–Trinajstić information content (AvgIpc) is 2.41. The molecule has 1 saturated carbocycles. The molecule has 1 fully saturated rings. The summed E-state index contributed by atoms with van der Waals surface area (Å²) in [6, 6.07) is 2.40. The van der Waals surface area contributed by atoms with E-state index in [0.29, 0.717) is 22.4 Å². The number of aromatic nitrogens is 1. The quantitative estimate of drug-likeness (QED) is 0.864. The second-order valence-electron chi connectivity index (χ2n) is 7.13. The van der Waals surface area contributed by atoms with Crippen molar-refractivity contribution in [3.63, 3.8) is 0 Å². The Kier molecular flexibility index (Phi) is 5.50. The fraction of sp³-hybridized carbons (Fsp3) is 0.706. The molecule has 0 bridgehead atoms. The monoisotopic (exact) mass is 310 g/mol. The summed E-state index contributed by atoms with van der Waals surface area (Å²) in [6.45, 7) is 9.65. The SMILES string of the molecule is CC(C)NCc1cc(OC2CCC(C)(C)CC2)ncc1Cl. The highest BCUT2D eigenvalue weighted by Gasteiger charge is 2.28. The van der Waals surface area contributed by atoms with Gasteiger partial charge in [0.1, 0.15) is 6.10 Å². The zero-order chi connectivity index (χ0) is 15.5. The molecule has 0 aliphatic heterocycles. The van der Waals surface area contributed by atoms with Crippen molar-refractivity contribution in [1.82, 2.24) is 10.3 Å². The van der Waals surface area contributed by atoms with Gasteiger partial charge >= 0.3 is 0 Å². The predicted molar refractivity (Wildman–Crippen MR) is 87.9 cm³/mol. The molecule has 1 N–H and O–H groups in total. The predicted octanol–water partition coefficient (Wildman–Crippen LogP) is 4.58. The maximum absolute atomic E-state index is 6.20. The number of ether oxygens (including phenoxy) is 1. The average molecular weight is 311 g/mol. The molecular formula is C17H27ClN2O. The van der Waals surface area contributed by atoms with E-state index in [1.54, 1.807) is 6.20 Å². The standard InChI is InChI=1S/C17H27ClN2O/c1-12(2)19-10-13-9-16(20-11-15(13)18)21-14-5-7-17(3,4)8-6-14/h9,11-12,14,19H,5-8,10H2,1-4H3. The van der Waals surface area contributed by atoms with Crippen LogP contribution in [-0.2, 0) is 6.54 Å². The maximum atomic E-state index is 6.20. The van der Waals surface area contributed by atoms with E-state index in [1.165, 1.54) is 12.8 Å². The Balaban J connectivity index is 1.96. The third-order valence-electron chi connectivity index (χ3n) is 4.18. The van der Waals surface area contributed by atoms with Crippen LogP contribution in [0.5, 0.6) is 5.88 Å². The molecule has 0 radical (unpaired) electrons. The molecular weight excluding hydrogens is 284 g/mol. The van der Waals surface area contributed by atoms with Crippen molar-refractivity contribution >= 4 is 11.6 Å². The van der Waals surface area contributed by atoms with Crippen LogP contribution in [0.15, 0.2) is 12.3 Å². The van der Waals surface area contributed by atoms with Crippen molar-refractivity contribution in [3.05, 3.63) is 22.8 Å². The van der Waals surface area contributed by atoms with Crippen molar-refractivity contribution in [1.29, 1.82) is 0 Å². The molecule has 1 aliphatic carbocycles. The molecule has 1 aliphatic rings. The van der Waals surface area contributed by atoms with Crippen LogP contribution < -0.4 is 10.1 Å². The van der Waals surface area contributed by atoms with E-state index in [4.69, 9.17) is 16.3 Å². The van der Waals surface area contributed by atoms with E-state index < -0.39 is 0 Å². The number of rotatable bonds is 5. The van der Waals surface area contributed by atoms with Crippen LogP contribution in [0.25, 0.3) is 0 Å². The Morgan fingerprint density at radius 2 is 2.05 bits per heavy atom. The highest BCUT2D eigenvalue weighted by molar-refractivity contribution is 6.31. The van der Waals surface area contributed by atoms with E-state index in [0.717, 1.165) is 24.9 Å². The van der Waals surface area contributed by atoms with Gasteiger partial charge < -0.3 is 10.1 Å². The van der Waals surface area contributed by atoms with Crippen LogP contribution in [0, 0.1) is 5.41 Å². The molecule has 0 amide bonds. The Bertz CT molecular complexity index is 464. The summed E-state index contributed by atoms with van der Waals surface area (Å²) in [4.78, 5) is 4.31. The summed E-state index contributed by atoms with van der Waals surface area (Å²) in [5, 5.41) is 4.07. The van der Waals surface area contributed by atoms with Gasteiger partial charge in [0.15, 0.2) is 0 Å². The first-order valence-corrected chi connectivity index (χ1v) is 8.28. The zero-order valence-corrected chi connectivity index (χ0v) is 14.3. The second-order valence-corrected chi connectivity index (χ2v) is 7.54. The molecule has 1 heterocycles. The van der Waals surface area contributed by atoms with Crippen LogP contribution >= 0.6 is 11.6 Å². The maximum Gasteiger partial charge on any atom is 0.213 e. The highest BCUT2D eigenvalue weighted by atomic mass is 35.5. The fourth-order valence-corrected chi connectivity index (χ4v) is 2.80. The van der Waals surface area contributed by atoms with Crippen LogP contribution in [0.2, 0.25) is 5.02 Å².